The lowest BCUT2D eigenvalue weighted by Crippen LogP contribution is -2.12. The average Bonchev–Trinajstić information content (AvgIpc) is 3.14. The number of amides is 1. The lowest BCUT2D eigenvalue weighted by molar-refractivity contribution is 0.0992. The van der Waals surface area contributed by atoms with Crippen molar-refractivity contribution in [3.05, 3.63) is 82.8 Å². The SMILES string of the molecule is CCCc1ccc(OCc2ccc(C(=O)Nc3cc(C)ccc3C)o2)cc1. The molecular formula is C23H25NO3. The van der Waals surface area contributed by atoms with E-state index in [2.05, 4.69) is 24.4 Å². The van der Waals surface area contributed by atoms with Crippen LogP contribution in [0, 0.1) is 13.8 Å². The first-order valence-corrected chi connectivity index (χ1v) is 9.24. The lowest BCUT2D eigenvalue weighted by Gasteiger charge is -2.08. The number of anilines is 1. The number of aryl methyl sites for hydroxylation is 3. The zero-order valence-electron chi connectivity index (χ0n) is 16.0. The van der Waals surface area contributed by atoms with E-state index in [-0.39, 0.29) is 18.3 Å². The normalized spacial score (nSPS) is 10.6. The number of hydrogen-bond donors (Lipinski definition) is 1. The highest BCUT2D eigenvalue weighted by atomic mass is 16.5. The molecule has 0 radical (unpaired) electrons. The van der Waals surface area contributed by atoms with Crippen molar-refractivity contribution in [1.82, 2.24) is 0 Å². The summed E-state index contributed by atoms with van der Waals surface area (Å²) < 4.78 is 11.4. The molecule has 0 unspecified atom stereocenters. The molecule has 3 rings (SSSR count). The highest BCUT2D eigenvalue weighted by Gasteiger charge is 2.13. The number of rotatable bonds is 7. The van der Waals surface area contributed by atoms with Crippen molar-refractivity contribution in [3.63, 3.8) is 0 Å². The van der Waals surface area contributed by atoms with Crippen LogP contribution in [-0.4, -0.2) is 5.91 Å². The maximum atomic E-state index is 12.4. The number of carbonyl (C=O) groups is 1. The summed E-state index contributed by atoms with van der Waals surface area (Å²) in [5, 5.41) is 2.90. The number of carbonyl (C=O) groups excluding carboxylic acids is 1. The standard InChI is InChI=1S/C23H25NO3/c1-4-5-18-8-10-19(11-9-18)26-15-20-12-13-22(27-20)23(25)24-21-14-16(2)6-7-17(21)3/h6-14H,4-5,15H2,1-3H3,(H,24,25). The van der Waals surface area contributed by atoms with Crippen molar-refractivity contribution in [3.8, 4) is 5.75 Å². The molecule has 0 atom stereocenters. The fraction of sp³-hybridized carbons (Fsp3) is 0.261. The van der Waals surface area contributed by atoms with Gasteiger partial charge < -0.3 is 14.5 Å². The quantitative estimate of drug-likeness (QED) is 0.587. The Labute approximate surface area is 160 Å². The molecule has 0 spiro atoms. The van der Waals surface area contributed by atoms with Gasteiger partial charge in [-0.25, -0.2) is 0 Å². The topological polar surface area (TPSA) is 51.5 Å². The van der Waals surface area contributed by atoms with E-state index < -0.39 is 0 Å². The molecule has 0 fully saturated rings. The van der Waals surface area contributed by atoms with Crippen LogP contribution in [-0.2, 0) is 13.0 Å². The Hall–Kier alpha value is -3.01. The van der Waals surface area contributed by atoms with Crippen LogP contribution in [0.5, 0.6) is 5.75 Å². The molecule has 2 aromatic carbocycles. The molecule has 140 valence electrons. The number of nitrogens with one attached hydrogen (secondary N) is 1. The molecule has 1 heterocycles. The van der Waals surface area contributed by atoms with Gasteiger partial charge in [-0.15, -0.1) is 0 Å². The smallest absolute Gasteiger partial charge is 0.291 e. The molecular weight excluding hydrogens is 338 g/mol. The molecule has 27 heavy (non-hydrogen) atoms. The summed E-state index contributed by atoms with van der Waals surface area (Å²) in [7, 11) is 0. The van der Waals surface area contributed by atoms with Gasteiger partial charge in [0.05, 0.1) is 0 Å². The van der Waals surface area contributed by atoms with Crippen LogP contribution >= 0.6 is 0 Å². The van der Waals surface area contributed by atoms with Crippen molar-refractivity contribution in [1.29, 1.82) is 0 Å². The zero-order valence-corrected chi connectivity index (χ0v) is 16.0. The summed E-state index contributed by atoms with van der Waals surface area (Å²) in [5.74, 6) is 1.40. The molecule has 0 saturated heterocycles. The summed E-state index contributed by atoms with van der Waals surface area (Å²) in [6, 6.07) is 17.5. The van der Waals surface area contributed by atoms with Gasteiger partial charge in [0, 0.05) is 5.69 Å². The number of benzene rings is 2. The van der Waals surface area contributed by atoms with Crippen molar-refractivity contribution >= 4 is 11.6 Å². The second kappa shape index (κ2) is 8.58. The van der Waals surface area contributed by atoms with E-state index in [1.807, 2.05) is 44.2 Å². The maximum absolute atomic E-state index is 12.4. The third kappa shape index (κ3) is 5.00. The van der Waals surface area contributed by atoms with E-state index in [9.17, 15) is 4.79 Å². The minimum atomic E-state index is -0.265. The minimum Gasteiger partial charge on any atom is -0.486 e. The summed E-state index contributed by atoms with van der Waals surface area (Å²) in [6.45, 7) is 6.40. The largest absolute Gasteiger partial charge is 0.486 e. The van der Waals surface area contributed by atoms with Crippen LogP contribution in [0.25, 0.3) is 0 Å². The van der Waals surface area contributed by atoms with E-state index in [1.54, 1.807) is 12.1 Å². The van der Waals surface area contributed by atoms with E-state index in [0.29, 0.717) is 5.76 Å². The molecule has 3 aromatic rings. The van der Waals surface area contributed by atoms with E-state index in [0.717, 1.165) is 35.4 Å². The fourth-order valence-electron chi connectivity index (χ4n) is 2.83. The highest BCUT2D eigenvalue weighted by molar-refractivity contribution is 6.02. The fourth-order valence-corrected chi connectivity index (χ4v) is 2.83. The molecule has 1 N–H and O–H groups in total. The number of hydrogen-bond acceptors (Lipinski definition) is 3. The average molecular weight is 363 g/mol. The summed E-state index contributed by atoms with van der Waals surface area (Å²) in [6.07, 6.45) is 2.19. The molecule has 0 aliphatic rings. The van der Waals surface area contributed by atoms with Crippen molar-refractivity contribution in [2.45, 2.75) is 40.2 Å². The molecule has 1 amide bonds. The Balaban J connectivity index is 1.59. The van der Waals surface area contributed by atoms with Gasteiger partial charge in [0.15, 0.2) is 5.76 Å². The van der Waals surface area contributed by atoms with Gasteiger partial charge in [0.2, 0.25) is 0 Å². The Morgan fingerprint density at radius 2 is 1.81 bits per heavy atom. The number of furan rings is 1. The second-order valence-corrected chi connectivity index (χ2v) is 6.72. The second-order valence-electron chi connectivity index (χ2n) is 6.72. The first-order chi connectivity index (χ1) is 13.0. The first kappa shape index (κ1) is 18.8. The van der Waals surface area contributed by atoms with Crippen LogP contribution in [0.15, 0.2) is 59.0 Å². The number of ether oxygens (including phenoxy) is 1. The Morgan fingerprint density at radius 1 is 1.04 bits per heavy atom. The van der Waals surface area contributed by atoms with Crippen LogP contribution < -0.4 is 10.1 Å². The molecule has 4 heteroatoms. The van der Waals surface area contributed by atoms with Crippen LogP contribution in [0.2, 0.25) is 0 Å². The van der Waals surface area contributed by atoms with Gasteiger partial charge in [0.1, 0.15) is 18.1 Å². The lowest BCUT2D eigenvalue weighted by atomic mass is 10.1. The van der Waals surface area contributed by atoms with Gasteiger partial charge in [-0.2, -0.15) is 0 Å². The van der Waals surface area contributed by atoms with E-state index in [1.165, 1.54) is 5.56 Å². The monoisotopic (exact) mass is 363 g/mol. The minimum absolute atomic E-state index is 0.265. The van der Waals surface area contributed by atoms with Crippen molar-refractivity contribution < 1.29 is 13.9 Å². The maximum Gasteiger partial charge on any atom is 0.291 e. The summed E-state index contributed by atoms with van der Waals surface area (Å²) in [4.78, 5) is 12.4. The molecule has 0 saturated carbocycles. The van der Waals surface area contributed by atoms with Gasteiger partial charge in [0.25, 0.3) is 5.91 Å². The summed E-state index contributed by atoms with van der Waals surface area (Å²) in [5.41, 5.74) is 4.19. The predicted molar refractivity (Wildman–Crippen MR) is 107 cm³/mol. The highest BCUT2D eigenvalue weighted by Crippen LogP contribution is 2.19. The Morgan fingerprint density at radius 3 is 2.56 bits per heavy atom. The van der Waals surface area contributed by atoms with Gasteiger partial charge in [-0.1, -0.05) is 37.6 Å². The van der Waals surface area contributed by atoms with Crippen LogP contribution in [0.3, 0.4) is 0 Å². The Kier molecular flexibility index (Phi) is 5.97. The molecule has 0 aliphatic carbocycles. The van der Waals surface area contributed by atoms with Gasteiger partial charge in [-0.05, 0) is 67.3 Å². The van der Waals surface area contributed by atoms with Crippen LogP contribution in [0.1, 0.15) is 46.3 Å². The van der Waals surface area contributed by atoms with Gasteiger partial charge in [-0.3, -0.25) is 4.79 Å². The third-order valence-corrected chi connectivity index (χ3v) is 4.37. The molecule has 0 aliphatic heterocycles. The molecule has 4 nitrogen and oxygen atoms in total. The van der Waals surface area contributed by atoms with E-state index >= 15 is 0 Å². The Bertz CT molecular complexity index is 910. The predicted octanol–water partition coefficient (Wildman–Crippen LogP) is 5.68. The molecule has 0 bridgehead atoms. The third-order valence-electron chi connectivity index (χ3n) is 4.37. The van der Waals surface area contributed by atoms with Gasteiger partial charge >= 0.3 is 0 Å². The first-order valence-electron chi connectivity index (χ1n) is 9.24. The summed E-state index contributed by atoms with van der Waals surface area (Å²) >= 11 is 0. The zero-order chi connectivity index (χ0) is 19.2. The van der Waals surface area contributed by atoms with Crippen molar-refractivity contribution in [2.75, 3.05) is 5.32 Å². The molecule has 1 aromatic heterocycles. The van der Waals surface area contributed by atoms with Crippen molar-refractivity contribution in [2.24, 2.45) is 0 Å². The van der Waals surface area contributed by atoms with E-state index in [4.69, 9.17) is 9.15 Å². The van der Waals surface area contributed by atoms with Crippen LogP contribution in [0.4, 0.5) is 5.69 Å².